The molecule has 1 aromatic rings. The van der Waals surface area contributed by atoms with Crippen LogP contribution in [0.3, 0.4) is 0 Å². The first-order chi connectivity index (χ1) is 8.81. The molecule has 2 atom stereocenters. The van der Waals surface area contributed by atoms with Crippen LogP contribution >= 0.6 is 27.7 Å². The first-order valence-corrected chi connectivity index (χ1v) is 8.74. The molecule has 1 aromatic carbocycles. The highest BCUT2D eigenvalue weighted by Gasteiger charge is 2.24. The Balaban J connectivity index is 2.03. The summed E-state index contributed by atoms with van der Waals surface area (Å²) < 4.78 is 1.24. The van der Waals surface area contributed by atoms with Gasteiger partial charge in [-0.25, -0.2) is 0 Å². The fraction of sp³-hybridized carbons (Fsp3) is 0.600. The number of thioether (sulfide) groups is 1. The van der Waals surface area contributed by atoms with Crippen molar-refractivity contribution in [2.45, 2.75) is 43.9 Å². The van der Waals surface area contributed by atoms with E-state index in [0.29, 0.717) is 6.04 Å². The maximum Gasteiger partial charge on any atom is 0.0227 e. The molecule has 1 aliphatic rings. The molecule has 1 N–H and O–H groups in total. The van der Waals surface area contributed by atoms with Crippen molar-refractivity contribution in [1.29, 1.82) is 0 Å². The van der Waals surface area contributed by atoms with Gasteiger partial charge in [0, 0.05) is 15.8 Å². The Kier molecular flexibility index (Phi) is 6.06. The second kappa shape index (κ2) is 7.56. The number of likely N-dealkylation sites (N-methyl/N-ethyl adjacent to an activating group) is 1. The Bertz CT molecular complexity index is 363. The average molecular weight is 328 g/mol. The summed E-state index contributed by atoms with van der Waals surface area (Å²) in [5.41, 5.74) is 1.43. The molecule has 2 unspecified atom stereocenters. The summed E-state index contributed by atoms with van der Waals surface area (Å²) in [7, 11) is 0. The number of hydrogen-bond acceptors (Lipinski definition) is 2. The van der Waals surface area contributed by atoms with Gasteiger partial charge in [-0.1, -0.05) is 47.5 Å². The van der Waals surface area contributed by atoms with Gasteiger partial charge in [0.25, 0.3) is 0 Å². The molecule has 18 heavy (non-hydrogen) atoms. The zero-order valence-electron chi connectivity index (χ0n) is 11.0. The highest BCUT2D eigenvalue weighted by molar-refractivity contribution is 9.10. The van der Waals surface area contributed by atoms with E-state index in [4.69, 9.17) is 0 Å². The van der Waals surface area contributed by atoms with E-state index in [1.807, 2.05) is 0 Å². The van der Waals surface area contributed by atoms with Crippen LogP contribution < -0.4 is 5.32 Å². The smallest absolute Gasteiger partial charge is 0.0227 e. The van der Waals surface area contributed by atoms with Gasteiger partial charge in [0.15, 0.2) is 0 Å². The third kappa shape index (κ3) is 4.01. The van der Waals surface area contributed by atoms with Crippen molar-refractivity contribution in [1.82, 2.24) is 5.32 Å². The van der Waals surface area contributed by atoms with E-state index in [2.05, 4.69) is 64.2 Å². The SMILES string of the molecule is CCNC(Cc1ccccc1Br)C1CCCCS1. The van der Waals surface area contributed by atoms with Crippen LogP contribution in [0.1, 0.15) is 31.7 Å². The summed E-state index contributed by atoms with van der Waals surface area (Å²) in [6, 6.07) is 9.22. The van der Waals surface area contributed by atoms with E-state index in [9.17, 15) is 0 Å². The molecular weight excluding hydrogens is 306 g/mol. The molecule has 3 heteroatoms. The Hall–Kier alpha value is 0.01000. The van der Waals surface area contributed by atoms with E-state index >= 15 is 0 Å². The number of benzene rings is 1. The van der Waals surface area contributed by atoms with E-state index in [1.54, 1.807) is 0 Å². The summed E-state index contributed by atoms with van der Waals surface area (Å²) >= 11 is 5.82. The van der Waals surface area contributed by atoms with E-state index in [1.165, 1.54) is 35.1 Å². The topological polar surface area (TPSA) is 12.0 Å². The van der Waals surface area contributed by atoms with Crippen LogP contribution in [-0.4, -0.2) is 23.6 Å². The lowest BCUT2D eigenvalue weighted by Gasteiger charge is -2.30. The quantitative estimate of drug-likeness (QED) is 0.867. The van der Waals surface area contributed by atoms with Crippen LogP contribution in [-0.2, 0) is 6.42 Å². The van der Waals surface area contributed by atoms with Gasteiger partial charge < -0.3 is 5.32 Å². The molecule has 0 radical (unpaired) electrons. The van der Waals surface area contributed by atoms with Crippen LogP contribution in [0.25, 0.3) is 0 Å². The van der Waals surface area contributed by atoms with Crippen molar-refractivity contribution in [3.8, 4) is 0 Å². The Labute approximate surface area is 123 Å². The summed E-state index contributed by atoms with van der Waals surface area (Å²) in [6.07, 6.45) is 5.30. The fourth-order valence-electron chi connectivity index (χ4n) is 2.58. The average Bonchev–Trinajstić information content (AvgIpc) is 2.42. The lowest BCUT2D eigenvalue weighted by Crippen LogP contribution is -2.41. The van der Waals surface area contributed by atoms with Crippen molar-refractivity contribution in [3.63, 3.8) is 0 Å². The molecule has 0 saturated carbocycles. The monoisotopic (exact) mass is 327 g/mol. The first kappa shape index (κ1) is 14.4. The third-order valence-electron chi connectivity index (χ3n) is 3.53. The minimum absolute atomic E-state index is 0.610. The standard InChI is InChI=1S/C15H22BrNS/c1-2-17-14(15-9-5-6-10-18-15)11-12-7-3-4-8-13(12)16/h3-4,7-8,14-15,17H,2,5-6,9-11H2,1H3. The summed E-state index contributed by atoms with van der Waals surface area (Å²) in [5.74, 6) is 1.34. The predicted molar refractivity (Wildman–Crippen MR) is 85.4 cm³/mol. The van der Waals surface area contributed by atoms with Gasteiger partial charge in [-0.15, -0.1) is 0 Å². The zero-order chi connectivity index (χ0) is 12.8. The minimum Gasteiger partial charge on any atom is -0.313 e. The molecule has 100 valence electrons. The van der Waals surface area contributed by atoms with E-state index in [0.717, 1.165) is 18.2 Å². The van der Waals surface area contributed by atoms with Crippen molar-refractivity contribution in [2.75, 3.05) is 12.3 Å². The van der Waals surface area contributed by atoms with Gasteiger partial charge in [-0.05, 0) is 43.2 Å². The molecule has 1 saturated heterocycles. The van der Waals surface area contributed by atoms with Crippen molar-refractivity contribution < 1.29 is 0 Å². The zero-order valence-corrected chi connectivity index (χ0v) is 13.4. The number of hydrogen-bond donors (Lipinski definition) is 1. The fourth-order valence-corrected chi connectivity index (χ4v) is 4.46. The van der Waals surface area contributed by atoms with Crippen LogP contribution in [0.2, 0.25) is 0 Å². The van der Waals surface area contributed by atoms with Gasteiger partial charge in [0.1, 0.15) is 0 Å². The molecule has 0 aromatic heterocycles. The normalized spacial score (nSPS) is 21.8. The molecule has 2 rings (SSSR count). The second-order valence-corrected chi connectivity index (χ2v) is 7.07. The molecule has 0 bridgehead atoms. The van der Waals surface area contributed by atoms with Gasteiger partial charge >= 0.3 is 0 Å². The molecule has 0 spiro atoms. The van der Waals surface area contributed by atoms with Gasteiger partial charge in [-0.3, -0.25) is 0 Å². The second-order valence-electron chi connectivity index (χ2n) is 4.86. The third-order valence-corrected chi connectivity index (χ3v) is 5.82. The van der Waals surface area contributed by atoms with Crippen LogP contribution in [0.15, 0.2) is 28.7 Å². The van der Waals surface area contributed by atoms with Gasteiger partial charge in [-0.2, -0.15) is 11.8 Å². The largest absolute Gasteiger partial charge is 0.313 e. The van der Waals surface area contributed by atoms with Crippen LogP contribution in [0.5, 0.6) is 0 Å². The molecule has 1 heterocycles. The van der Waals surface area contributed by atoms with Crippen molar-refractivity contribution in [3.05, 3.63) is 34.3 Å². The lowest BCUT2D eigenvalue weighted by molar-refractivity contribution is 0.471. The van der Waals surface area contributed by atoms with Crippen molar-refractivity contribution in [2.24, 2.45) is 0 Å². The summed E-state index contributed by atoms with van der Waals surface area (Å²) in [4.78, 5) is 0. The molecule has 1 fully saturated rings. The molecule has 0 amide bonds. The van der Waals surface area contributed by atoms with Gasteiger partial charge in [0.2, 0.25) is 0 Å². The highest BCUT2D eigenvalue weighted by Crippen LogP contribution is 2.30. The van der Waals surface area contributed by atoms with Crippen LogP contribution in [0.4, 0.5) is 0 Å². The Morgan fingerprint density at radius 3 is 2.89 bits per heavy atom. The minimum atomic E-state index is 0.610. The molecule has 1 nitrogen and oxygen atoms in total. The molecule has 0 aliphatic carbocycles. The first-order valence-electron chi connectivity index (χ1n) is 6.89. The number of halogens is 1. The maximum absolute atomic E-state index is 3.69. The van der Waals surface area contributed by atoms with Crippen LogP contribution in [0, 0.1) is 0 Å². The predicted octanol–water partition coefficient (Wildman–Crippen LogP) is 4.26. The Morgan fingerprint density at radius 1 is 1.39 bits per heavy atom. The Morgan fingerprint density at radius 2 is 2.22 bits per heavy atom. The van der Waals surface area contributed by atoms with Gasteiger partial charge in [0.05, 0.1) is 0 Å². The van der Waals surface area contributed by atoms with Crippen molar-refractivity contribution >= 4 is 27.7 Å². The lowest BCUT2D eigenvalue weighted by atomic mass is 9.99. The number of rotatable bonds is 5. The summed E-state index contributed by atoms with van der Waals surface area (Å²) in [6.45, 7) is 3.27. The highest BCUT2D eigenvalue weighted by atomic mass is 79.9. The molecule has 1 aliphatic heterocycles. The molecular formula is C15H22BrNS. The van der Waals surface area contributed by atoms with E-state index in [-0.39, 0.29) is 0 Å². The maximum atomic E-state index is 3.69. The summed E-state index contributed by atoms with van der Waals surface area (Å²) in [5, 5.41) is 4.47. The van der Waals surface area contributed by atoms with E-state index < -0.39 is 0 Å². The number of nitrogens with one attached hydrogen (secondary N) is 1.